The lowest BCUT2D eigenvalue weighted by atomic mass is 10.1. The van der Waals surface area contributed by atoms with Crippen LogP contribution in [0.15, 0.2) is 48.5 Å². The number of benzene rings is 2. The third-order valence-electron chi connectivity index (χ3n) is 3.18. The molecule has 2 aromatic rings. The molecule has 2 rings (SSSR count). The van der Waals surface area contributed by atoms with E-state index in [1.165, 1.54) is 0 Å². The third-order valence-corrected chi connectivity index (χ3v) is 3.41. The molecule has 0 heterocycles. The molecule has 110 valence electrons. The van der Waals surface area contributed by atoms with Crippen LogP contribution >= 0.6 is 11.6 Å². The Hall–Kier alpha value is -2.00. The van der Waals surface area contributed by atoms with Gasteiger partial charge in [-0.1, -0.05) is 35.9 Å². The fourth-order valence-electron chi connectivity index (χ4n) is 1.98. The molecule has 0 radical (unpaired) electrons. The van der Waals surface area contributed by atoms with E-state index in [0.717, 1.165) is 16.9 Å². The summed E-state index contributed by atoms with van der Waals surface area (Å²) in [6, 6.07) is 15.2. The zero-order valence-electron chi connectivity index (χ0n) is 11.9. The lowest BCUT2D eigenvalue weighted by molar-refractivity contribution is -0.121. The summed E-state index contributed by atoms with van der Waals surface area (Å²) >= 11 is 5.92. The van der Waals surface area contributed by atoms with Gasteiger partial charge in [-0.05, 0) is 41.8 Å². The van der Waals surface area contributed by atoms with E-state index in [1.54, 1.807) is 7.11 Å². The minimum atomic E-state index is 0.0331. The van der Waals surface area contributed by atoms with Gasteiger partial charge >= 0.3 is 0 Å². The molecule has 0 aliphatic rings. The first-order valence-electron chi connectivity index (χ1n) is 6.81. The molecule has 4 heteroatoms. The zero-order valence-corrected chi connectivity index (χ0v) is 12.7. The number of hydrogen-bond acceptors (Lipinski definition) is 2. The maximum Gasteiger partial charge on any atom is 0.220 e. The molecule has 1 N–H and O–H groups in total. The Bertz CT molecular complexity index is 596. The van der Waals surface area contributed by atoms with Crippen LogP contribution in [0.4, 0.5) is 0 Å². The number of nitrogens with one attached hydrogen (secondary N) is 1. The van der Waals surface area contributed by atoms with Crippen molar-refractivity contribution in [3.05, 3.63) is 64.7 Å². The number of aryl methyl sites for hydroxylation is 1. The second kappa shape index (κ2) is 7.70. The minimum absolute atomic E-state index is 0.0331. The normalized spacial score (nSPS) is 10.2. The van der Waals surface area contributed by atoms with Crippen molar-refractivity contribution < 1.29 is 9.53 Å². The SMILES string of the molecule is COc1ccc(CNC(=O)CCc2cccc(Cl)c2)cc1. The predicted molar refractivity (Wildman–Crippen MR) is 84.6 cm³/mol. The lowest BCUT2D eigenvalue weighted by Crippen LogP contribution is -2.22. The van der Waals surface area contributed by atoms with Gasteiger partial charge in [-0.3, -0.25) is 4.79 Å². The number of amides is 1. The first kappa shape index (κ1) is 15.4. The van der Waals surface area contributed by atoms with Gasteiger partial charge in [0.25, 0.3) is 0 Å². The molecule has 3 nitrogen and oxygen atoms in total. The van der Waals surface area contributed by atoms with Gasteiger partial charge in [-0.15, -0.1) is 0 Å². The Balaban J connectivity index is 1.76. The van der Waals surface area contributed by atoms with E-state index in [9.17, 15) is 4.79 Å². The van der Waals surface area contributed by atoms with Crippen molar-refractivity contribution in [2.45, 2.75) is 19.4 Å². The van der Waals surface area contributed by atoms with Gasteiger partial charge < -0.3 is 10.1 Å². The lowest BCUT2D eigenvalue weighted by Gasteiger charge is -2.07. The molecule has 0 aliphatic carbocycles. The molecule has 21 heavy (non-hydrogen) atoms. The summed E-state index contributed by atoms with van der Waals surface area (Å²) in [5.41, 5.74) is 2.12. The second-order valence-corrected chi connectivity index (χ2v) is 5.19. The molecular formula is C17H18ClNO2. The third kappa shape index (κ3) is 5.12. The number of ether oxygens (including phenoxy) is 1. The summed E-state index contributed by atoms with van der Waals surface area (Å²) in [6.07, 6.45) is 1.14. The van der Waals surface area contributed by atoms with Gasteiger partial charge in [0.1, 0.15) is 5.75 Å². The van der Waals surface area contributed by atoms with E-state index in [-0.39, 0.29) is 5.91 Å². The van der Waals surface area contributed by atoms with Gasteiger partial charge in [-0.2, -0.15) is 0 Å². The van der Waals surface area contributed by atoms with Gasteiger partial charge in [0, 0.05) is 18.0 Å². The number of methoxy groups -OCH3 is 1. The molecule has 0 saturated heterocycles. The number of carbonyl (C=O) groups excluding carboxylic acids is 1. The first-order valence-corrected chi connectivity index (χ1v) is 7.19. The van der Waals surface area contributed by atoms with Crippen LogP contribution in [0.1, 0.15) is 17.5 Å². The molecule has 0 spiro atoms. The van der Waals surface area contributed by atoms with Crippen molar-refractivity contribution in [2.75, 3.05) is 7.11 Å². The van der Waals surface area contributed by atoms with Crippen molar-refractivity contribution >= 4 is 17.5 Å². The van der Waals surface area contributed by atoms with Gasteiger partial charge in [0.2, 0.25) is 5.91 Å². The minimum Gasteiger partial charge on any atom is -0.497 e. The summed E-state index contributed by atoms with van der Waals surface area (Å²) in [6.45, 7) is 0.526. The van der Waals surface area contributed by atoms with E-state index in [1.807, 2.05) is 48.5 Å². The maximum atomic E-state index is 11.8. The average molecular weight is 304 g/mol. The van der Waals surface area contributed by atoms with Crippen LogP contribution in [0.5, 0.6) is 5.75 Å². The highest BCUT2D eigenvalue weighted by Crippen LogP contribution is 2.13. The number of rotatable bonds is 6. The van der Waals surface area contributed by atoms with Crippen LogP contribution in [0.2, 0.25) is 5.02 Å². The van der Waals surface area contributed by atoms with Crippen molar-refractivity contribution in [1.29, 1.82) is 0 Å². The smallest absolute Gasteiger partial charge is 0.220 e. The standard InChI is InChI=1S/C17H18ClNO2/c1-21-16-8-5-14(6-9-16)12-19-17(20)10-7-13-3-2-4-15(18)11-13/h2-6,8-9,11H,7,10,12H2,1H3,(H,19,20). The monoisotopic (exact) mass is 303 g/mol. The van der Waals surface area contributed by atoms with E-state index >= 15 is 0 Å². The first-order chi connectivity index (χ1) is 10.2. The van der Waals surface area contributed by atoms with E-state index in [4.69, 9.17) is 16.3 Å². The Morgan fingerprint density at radius 2 is 1.90 bits per heavy atom. The summed E-state index contributed by atoms with van der Waals surface area (Å²) in [7, 11) is 1.63. The summed E-state index contributed by atoms with van der Waals surface area (Å²) in [5.74, 6) is 0.844. The van der Waals surface area contributed by atoms with E-state index < -0.39 is 0 Å². The highest BCUT2D eigenvalue weighted by Gasteiger charge is 2.03. The Morgan fingerprint density at radius 1 is 1.14 bits per heavy atom. The second-order valence-electron chi connectivity index (χ2n) is 4.75. The Morgan fingerprint density at radius 3 is 2.57 bits per heavy atom. The van der Waals surface area contributed by atoms with Crippen LogP contribution in [0, 0.1) is 0 Å². The van der Waals surface area contributed by atoms with Gasteiger partial charge in [-0.25, -0.2) is 0 Å². The fraction of sp³-hybridized carbons (Fsp3) is 0.235. The van der Waals surface area contributed by atoms with Gasteiger partial charge in [0.15, 0.2) is 0 Å². The molecule has 0 atom stereocenters. The average Bonchev–Trinajstić information content (AvgIpc) is 2.51. The highest BCUT2D eigenvalue weighted by atomic mass is 35.5. The van der Waals surface area contributed by atoms with Crippen LogP contribution in [-0.4, -0.2) is 13.0 Å². The predicted octanol–water partition coefficient (Wildman–Crippen LogP) is 3.60. The number of halogens is 1. The van der Waals surface area contributed by atoms with Crippen LogP contribution in [0.25, 0.3) is 0 Å². The van der Waals surface area contributed by atoms with Crippen LogP contribution in [0.3, 0.4) is 0 Å². The number of carbonyl (C=O) groups is 1. The van der Waals surface area contributed by atoms with Crippen molar-refractivity contribution in [3.8, 4) is 5.75 Å². The molecule has 0 saturated carbocycles. The highest BCUT2D eigenvalue weighted by molar-refractivity contribution is 6.30. The molecule has 2 aromatic carbocycles. The largest absolute Gasteiger partial charge is 0.497 e. The van der Waals surface area contributed by atoms with Crippen molar-refractivity contribution in [3.63, 3.8) is 0 Å². The Kier molecular flexibility index (Phi) is 5.64. The molecule has 0 fully saturated rings. The zero-order chi connectivity index (χ0) is 15.1. The molecule has 0 aliphatic heterocycles. The number of hydrogen-bond donors (Lipinski definition) is 1. The maximum absolute atomic E-state index is 11.8. The quantitative estimate of drug-likeness (QED) is 0.885. The van der Waals surface area contributed by atoms with Crippen molar-refractivity contribution in [2.24, 2.45) is 0 Å². The van der Waals surface area contributed by atoms with E-state index in [2.05, 4.69) is 5.32 Å². The summed E-state index contributed by atoms with van der Waals surface area (Å²) in [5, 5.41) is 3.61. The van der Waals surface area contributed by atoms with E-state index in [0.29, 0.717) is 24.4 Å². The Labute approximate surface area is 129 Å². The molecular weight excluding hydrogens is 286 g/mol. The topological polar surface area (TPSA) is 38.3 Å². The molecule has 0 unspecified atom stereocenters. The fourth-order valence-corrected chi connectivity index (χ4v) is 2.20. The molecule has 0 bridgehead atoms. The van der Waals surface area contributed by atoms with Crippen LogP contribution < -0.4 is 10.1 Å². The van der Waals surface area contributed by atoms with Crippen LogP contribution in [-0.2, 0) is 17.8 Å². The summed E-state index contributed by atoms with van der Waals surface area (Å²) in [4.78, 5) is 11.8. The summed E-state index contributed by atoms with van der Waals surface area (Å²) < 4.78 is 5.09. The molecule has 0 aromatic heterocycles. The van der Waals surface area contributed by atoms with Crippen molar-refractivity contribution in [1.82, 2.24) is 5.32 Å². The molecule has 1 amide bonds. The van der Waals surface area contributed by atoms with Gasteiger partial charge in [0.05, 0.1) is 7.11 Å².